The van der Waals surface area contributed by atoms with Gasteiger partial charge in [-0.1, -0.05) is 30.3 Å². The van der Waals surface area contributed by atoms with Crippen molar-refractivity contribution in [3.63, 3.8) is 0 Å². The number of amides is 1. The number of hydrogen-bond donors (Lipinski definition) is 2. The summed E-state index contributed by atoms with van der Waals surface area (Å²) in [7, 11) is 1.94. The van der Waals surface area contributed by atoms with Gasteiger partial charge in [-0.15, -0.1) is 0 Å². The molecule has 1 amide bonds. The molecule has 1 aromatic carbocycles. The third-order valence-corrected chi connectivity index (χ3v) is 6.09. The van der Waals surface area contributed by atoms with E-state index < -0.39 is 11.4 Å². The number of hydrogen-bond acceptors (Lipinski definition) is 4. The zero-order valence-corrected chi connectivity index (χ0v) is 15.6. The molecule has 7 heteroatoms. The summed E-state index contributed by atoms with van der Waals surface area (Å²) in [6, 6.07) is 9.71. The van der Waals surface area contributed by atoms with E-state index in [4.69, 9.17) is 0 Å². The number of carboxylic acid groups (broad SMARTS) is 1. The second kappa shape index (κ2) is 6.49. The summed E-state index contributed by atoms with van der Waals surface area (Å²) < 4.78 is 0. The van der Waals surface area contributed by atoms with Crippen LogP contribution in [-0.2, 0) is 4.79 Å². The number of aromatic amines is 1. The van der Waals surface area contributed by atoms with Crippen LogP contribution in [0.2, 0.25) is 0 Å². The van der Waals surface area contributed by atoms with Crippen LogP contribution in [0.1, 0.15) is 22.5 Å². The molecule has 2 aliphatic rings. The van der Waals surface area contributed by atoms with Gasteiger partial charge in [0.25, 0.3) is 5.91 Å². The molecule has 7 nitrogen and oxygen atoms in total. The molecule has 27 heavy (non-hydrogen) atoms. The van der Waals surface area contributed by atoms with Crippen molar-refractivity contribution in [1.82, 2.24) is 20.0 Å². The number of nitrogens with one attached hydrogen (secondary N) is 1. The highest BCUT2D eigenvalue weighted by atomic mass is 16.4. The van der Waals surface area contributed by atoms with Crippen molar-refractivity contribution >= 4 is 11.9 Å². The Labute approximate surface area is 158 Å². The third-order valence-electron chi connectivity index (χ3n) is 6.09. The molecule has 0 aliphatic carbocycles. The van der Waals surface area contributed by atoms with Crippen LogP contribution >= 0.6 is 0 Å². The van der Waals surface area contributed by atoms with Gasteiger partial charge in [-0.05, 0) is 32.9 Å². The molecule has 2 atom stereocenters. The molecule has 0 bridgehead atoms. The summed E-state index contributed by atoms with van der Waals surface area (Å²) in [5.74, 6) is -0.979. The van der Waals surface area contributed by atoms with Crippen LogP contribution < -0.4 is 0 Å². The predicted molar refractivity (Wildman–Crippen MR) is 100 cm³/mol. The number of carbonyl (C=O) groups excluding carboxylic acids is 1. The van der Waals surface area contributed by atoms with Gasteiger partial charge in [-0.3, -0.25) is 14.7 Å². The standard InChI is InChI=1S/C20H24N4O3/c1-13-16(14-6-4-3-5-7-14)21-22-17(13)18(25)24-10-15-8-9-23(2)11-20(15,12-24)19(26)27/h3-7,15H,8-12H2,1-2H3,(H,21,22)(H,26,27)/t15-,20-/m0/s1. The van der Waals surface area contributed by atoms with Crippen molar-refractivity contribution in [2.45, 2.75) is 13.3 Å². The van der Waals surface area contributed by atoms with Crippen LogP contribution in [-0.4, -0.2) is 70.2 Å². The highest BCUT2D eigenvalue weighted by Gasteiger charge is 2.55. The maximum Gasteiger partial charge on any atom is 0.313 e. The Bertz CT molecular complexity index is 879. The summed E-state index contributed by atoms with van der Waals surface area (Å²) in [6.07, 6.45) is 0.795. The van der Waals surface area contributed by atoms with E-state index >= 15 is 0 Å². The quantitative estimate of drug-likeness (QED) is 0.863. The molecule has 2 fully saturated rings. The Morgan fingerprint density at radius 1 is 1.26 bits per heavy atom. The predicted octanol–water partition coefficient (Wildman–Crippen LogP) is 1.86. The van der Waals surface area contributed by atoms with Gasteiger partial charge < -0.3 is 14.9 Å². The Morgan fingerprint density at radius 2 is 2.00 bits per heavy atom. The molecule has 142 valence electrons. The summed E-state index contributed by atoms with van der Waals surface area (Å²) in [5.41, 5.74) is 2.06. The smallest absolute Gasteiger partial charge is 0.313 e. The SMILES string of the molecule is Cc1c(-c2ccccc2)n[nH]c1C(=O)N1C[C@@H]2CCN(C)C[C@]2(C(=O)O)C1. The van der Waals surface area contributed by atoms with Crippen LogP contribution in [0, 0.1) is 18.3 Å². The monoisotopic (exact) mass is 368 g/mol. The maximum atomic E-state index is 13.2. The molecule has 0 unspecified atom stereocenters. The fourth-order valence-electron chi connectivity index (χ4n) is 4.56. The third kappa shape index (κ3) is 2.82. The van der Waals surface area contributed by atoms with Crippen LogP contribution in [0.25, 0.3) is 11.3 Å². The lowest BCUT2D eigenvalue weighted by Gasteiger charge is -2.39. The average Bonchev–Trinajstić information content (AvgIpc) is 3.23. The summed E-state index contributed by atoms with van der Waals surface area (Å²) in [5, 5.41) is 17.1. The summed E-state index contributed by atoms with van der Waals surface area (Å²) in [6.45, 7) is 3.95. The number of carboxylic acids is 1. The van der Waals surface area contributed by atoms with E-state index in [-0.39, 0.29) is 18.4 Å². The highest BCUT2D eigenvalue weighted by Crippen LogP contribution is 2.42. The molecule has 2 N–H and O–H groups in total. The maximum absolute atomic E-state index is 13.2. The van der Waals surface area contributed by atoms with E-state index in [0.29, 0.717) is 18.8 Å². The van der Waals surface area contributed by atoms with Crippen molar-refractivity contribution < 1.29 is 14.7 Å². The second-order valence-corrected chi connectivity index (χ2v) is 7.81. The molecule has 0 saturated carbocycles. The fraction of sp³-hybridized carbons (Fsp3) is 0.450. The molecule has 0 radical (unpaired) electrons. The van der Waals surface area contributed by atoms with Gasteiger partial charge in [0.05, 0.1) is 5.69 Å². The van der Waals surface area contributed by atoms with Crippen molar-refractivity contribution in [1.29, 1.82) is 0 Å². The van der Waals surface area contributed by atoms with E-state index in [1.807, 2.05) is 49.2 Å². The number of likely N-dealkylation sites (tertiary alicyclic amines) is 2. The van der Waals surface area contributed by atoms with E-state index in [1.165, 1.54) is 0 Å². The number of H-pyrrole nitrogens is 1. The molecule has 2 aliphatic heterocycles. The minimum atomic E-state index is -0.876. The zero-order valence-electron chi connectivity index (χ0n) is 15.6. The average molecular weight is 368 g/mol. The Kier molecular flexibility index (Phi) is 4.26. The molecule has 2 aromatic rings. The number of benzene rings is 1. The largest absolute Gasteiger partial charge is 0.481 e. The number of rotatable bonds is 3. The first-order valence-corrected chi connectivity index (χ1v) is 9.24. The van der Waals surface area contributed by atoms with Gasteiger partial charge in [0.15, 0.2) is 0 Å². The number of aromatic nitrogens is 2. The van der Waals surface area contributed by atoms with Crippen LogP contribution in [0.4, 0.5) is 0 Å². The molecule has 4 rings (SSSR count). The number of piperidine rings is 1. The molecule has 1 aromatic heterocycles. The molecule has 3 heterocycles. The number of aliphatic carboxylic acids is 1. The summed E-state index contributed by atoms with van der Waals surface area (Å²) in [4.78, 5) is 29.0. The number of fused-ring (bicyclic) bond motifs is 1. The minimum Gasteiger partial charge on any atom is -0.481 e. The summed E-state index contributed by atoms with van der Waals surface area (Å²) >= 11 is 0. The highest BCUT2D eigenvalue weighted by molar-refractivity contribution is 5.96. The van der Waals surface area contributed by atoms with Gasteiger partial charge in [0.1, 0.15) is 11.1 Å². The lowest BCUT2D eigenvalue weighted by molar-refractivity contribution is -0.153. The van der Waals surface area contributed by atoms with Gasteiger partial charge in [-0.2, -0.15) is 5.10 Å². The van der Waals surface area contributed by atoms with Crippen LogP contribution in [0.5, 0.6) is 0 Å². The van der Waals surface area contributed by atoms with Crippen LogP contribution in [0.15, 0.2) is 30.3 Å². The normalized spacial score (nSPS) is 25.4. The van der Waals surface area contributed by atoms with Crippen molar-refractivity contribution in [2.75, 3.05) is 33.2 Å². The number of nitrogens with zero attached hydrogens (tertiary/aromatic N) is 3. The minimum absolute atomic E-state index is 0.00743. The first-order chi connectivity index (χ1) is 12.9. The van der Waals surface area contributed by atoms with E-state index in [2.05, 4.69) is 10.2 Å². The molecular weight excluding hydrogens is 344 g/mol. The van der Waals surface area contributed by atoms with Gasteiger partial charge in [-0.25, -0.2) is 0 Å². The lowest BCUT2D eigenvalue weighted by atomic mass is 9.73. The van der Waals surface area contributed by atoms with Gasteiger partial charge in [0, 0.05) is 30.8 Å². The van der Waals surface area contributed by atoms with Crippen LogP contribution in [0.3, 0.4) is 0 Å². The molecule has 0 spiro atoms. The first-order valence-electron chi connectivity index (χ1n) is 9.24. The second-order valence-electron chi connectivity index (χ2n) is 7.81. The Hall–Kier alpha value is -2.67. The molecule has 2 saturated heterocycles. The number of carbonyl (C=O) groups is 2. The topological polar surface area (TPSA) is 89.5 Å². The van der Waals surface area contributed by atoms with E-state index in [1.54, 1.807) is 4.90 Å². The van der Waals surface area contributed by atoms with Crippen molar-refractivity contribution in [3.8, 4) is 11.3 Å². The Balaban J connectivity index is 1.61. The fourth-order valence-corrected chi connectivity index (χ4v) is 4.56. The van der Waals surface area contributed by atoms with Gasteiger partial charge in [0.2, 0.25) is 0 Å². The Morgan fingerprint density at radius 3 is 2.70 bits per heavy atom. The zero-order chi connectivity index (χ0) is 19.2. The van der Waals surface area contributed by atoms with E-state index in [0.717, 1.165) is 29.8 Å². The first kappa shape index (κ1) is 17.7. The van der Waals surface area contributed by atoms with Crippen molar-refractivity contribution in [2.24, 2.45) is 11.3 Å². The lowest BCUT2D eigenvalue weighted by Crippen LogP contribution is -2.52. The van der Waals surface area contributed by atoms with E-state index in [9.17, 15) is 14.7 Å². The molecular formula is C20H24N4O3. The van der Waals surface area contributed by atoms with Gasteiger partial charge >= 0.3 is 5.97 Å². The van der Waals surface area contributed by atoms with Crippen molar-refractivity contribution in [3.05, 3.63) is 41.6 Å².